The molecule has 0 aromatic heterocycles. The van der Waals surface area contributed by atoms with Crippen molar-refractivity contribution in [2.24, 2.45) is 5.73 Å². The molecule has 1 aromatic carbocycles. The Bertz CT molecular complexity index is 286. The van der Waals surface area contributed by atoms with Gasteiger partial charge in [-0.25, -0.2) is 0 Å². The van der Waals surface area contributed by atoms with Crippen molar-refractivity contribution in [3.8, 4) is 11.5 Å². The minimum absolute atomic E-state index is 0.00880. The SMILES string of the molecule is CC[C@@H](N)c1ccc(O)c(OC)c1. The molecule has 1 aromatic rings. The highest BCUT2D eigenvalue weighted by Gasteiger charge is 2.07. The smallest absolute Gasteiger partial charge is 0.160 e. The predicted molar refractivity (Wildman–Crippen MR) is 51.9 cm³/mol. The quantitative estimate of drug-likeness (QED) is 0.747. The van der Waals surface area contributed by atoms with Crippen molar-refractivity contribution in [3.63, 3.8) is 0 Å². The highest BCUT2D eigenvalue weighted by Crippen LogP contribution is 2.28. The molecule has 0 aliphatic carbocycles. The van der Waals surface area contributed by atoms with E-state index in [1.165, 1.54) is 7.11 Å². The summed E-state index contributed by atoms with van der Waals surface area (Å²) in [6, 6.07) is 5.19. The summed E-state index contributed by atoms with van der Waals surface area (Å²) in [7, 11) is 1.52. The van der Waals surface area contributed by atoms with Gasteiger partial charge in [0, 0.05) is 6.04 Å². The summed E-state index contributed by atoms with van der Waals surface area (Å²) in [6.45, 7) is 2.02. The number of rotatable bonds is 3. The third-order valence-corrected chi connectivity index (χ3v) is 2.07. The van der Waals surface area contributed by atoms with Crippen molar-refractivity contribution >= 4 is 0 Å². The van der Waals surface area contributed by atoms with Gasteiger partial charge in [0.1, 0.15) is 0 Å². The van der Waals surface area contributed by atoms with Crippen LogP contribution in [0.4, 0.5) is 0 Å². The Kier molecular flexibility index (Phi) is 3.14. The van der Waals surface area contributed by atoms with E-state index in [4.69, 9.17) is 10.5 Å². The first-order valence-corrected chi connectivity index (χ1v) is 4.31. The number of nitrogens with two attached hydrogens (primary N) is 1. The average molecular weight is 181 g/mol. The van der Waals surface area contributed by atoms with E-state index in [1.54, 1.807) is 12.1 Å². The van der Waals surface area contributed by atoms with Crippen LogP contribution in [0.3, 0.4) is 0 Å². The molecule has 0 unspecified atom stereocenters. The van der Waals surface area contributed by atoms with Gasteiger partial charge in [0.05, 0.1) is 7.11 Å². The number of aromatic hydroxyl groups is 1. The van der Waals surface area contributed by atoms with E-state index in [0.29, 0.717) is 5.75 Å². The summed E-state index contributed by atoms with van der Waals surface area (Å²) >= 11 is 0. The molecule has 0 bridgehead atoms. The maximum Gasteiger partial charge on any atom is 0.160 e. The Morgan fingerprint density at radius 2 is 2.23 bits per heavy atom. The Balaban J connectivity index is 2.99. The van der Waals surface area contributed by atoms with Crippen LogP contribution in [0.2, 0.25) is 0 Å². The summed E-state index contributed by atoms with van der Waals surface area (Å²) in [5.41, 5.74) is 6.81. The second-order valence-electron chi connectivity index (χ2n) is 2.95. The van der Waals surface area contributed by atoms with Crippen LogP contribution in [0.25, 0.3) is 0 Å². The highest BCUT2D eigenvalue weighted by molar-refractivity contribution is 5.42. The Morgan fingerprint density at radius 1 is 1.54 bits per heavy atom. The zero-order chi connectivity index (χ0) is 9.84. The molecule has 0 spiro atoms. The van der Waals surface area contributed by atoms with Gasteiger partial charge in [-0.15, -0.1) is 0 Å². The molecule has 0 saturated heterocycles. The molecule has 0 fully saturated rings. The molecule has 1 atom stereocenters. The number of ether oxygens (including phenoxy) is 1. The normalized spacial score (nSPS) is 12.5. The first-order chi connectivity index (χ1) is 6.19. The van der Waals surface area contributed by atoms with Crippen molar-refractivity contribution in [2.45, 2.75) is 19.4 Å². The van der Waals surface area contributed by atoms with Crippen LogP contribution < -0.4 is 10.5 Å². The first-order valence-electron chi connectivity index (χ1n) is 4.31. The number of phenolic OH excluding ortho intramolecular Hbond substituents is 1. The molecule has 13 heavy (non-hydrogen) atoms. The van der Waals surface area contributed by atoms with Crippen LogP contribution in [-0.2, 0) is 0 Å². The largest absolute Gasteiger partial charge is 0.504 e. The molecule has 1 rings (SSSR count). The molecular formula is C10H15NO2. The van der Waals surface area contributed by atoms with Crippen molar-refractivity contribution in [1.82, 2.24) is 0 Å². The fraction of sp³-hybridized carbons (Fsp3) is 0.400. The van der Waals surface area contributed by atoms with Crippen molar-refractivity contribution in [3.05, 3.63) is 23.8 Å². The fourth-order valence-corrected chi connectivity index (χ4v) is 1.16. The molecule has 3 N–H and O–H groups in total. The minimum Gasteiger partial charge on any atom is -0.504 e. The maximum absolute atomic E-state index is 9.32. The van der Waals surface area contributed by atoms with E-state index in [0.717, 1.165) is 12.0 Å². The average Bonchev–Trinajstić information content (AvgIpc) is 2.17. The lowest BCUT2D eigenvalue weighted by atomic mass is 10.1. The maximum atomic E-state index is 9.32. The van der Waals surface area contributed by atoms with Gasteiger partial charge in [-0.3, -0.25) is 0 Å². The topological polar surface area (TPSA) is 55.5 Å². The Morgan fingerprint density at radius 3 is 2.77 bits per heavy atom. The molecule has 0 radical (unpaired) electrons. The molecule has 0 aliphatic rings. The zero-order valence-corrected chi connectivity index (χ0v) is 7.95. The molecule has 3 nitrogen and oxygen atoms in total. The van der Waals surface area contributed by atoms with Gasteiger partial charge in [-0.2, -0.15) is 0 Å². The Labute approximate surface area is 78.1 Å². The predicted octanol–water partition coefficient (Wildman–Crippen LogP) is 1.81. The lowest BCUT2D eigenvalue weighted by molar-refractivity contribution is 0.372. The van der Waals surface area contributed by atoms with E-state index in [-0.39, 0.29) is 11.8 Å². The molecule has 0 heterocycles. The van der Waals surface area contributed by atoms with E-state index >= 15 is 0 Å². The first kappa shape index (κ1) is 9.86. The van der Waals surface area contributed by atoms with Crippen LogP contribution in [-0.4, -0.2) is 12.2 Å². The molecular weight excluding hydrogens is 166 g/mol. The summed E-state index contributed by atoms with van der Waals surface area (Å²) < 4.78 is 4.97. The summed E-state index contributed by atoms with van der Waals surface area (Å²) in [5, 5.41) is 9.32. The van der Waals surface area contributed by atoms with E-state index in [2.05, 4.69) is 0 Å². The Hall–Kier alpha value is -1.22. The number of phenols is 1. The van der Waals surface area contributed by atoms with Crippen LogP contribution >= 0.6 is 0 Å². The van der Waals surface area contributed by atoms with E-state index in [9.17, 15) is 5.11 Å². The van der Waals surface area contributed by atoms with Crippen LogP contribution in [0.5, 0.6) is 11.5 Å². The molecule has 72 valence electrons. The number of hydrogen-bond acceptors (Lipinski definition) is 3. The van der Waals surface area contributed by atoms with Gasteiger partial charge in [0.2, 0.25) is 0 Å². The molecule has 0 aliphatic heterocycles. The third-order valence-electron chi connectivity index (χ3n) is 2.07. The fourth-order valence-electron chi connectivity index (χ4n) is 1.16. The van der Waals surface area contributed by atoms with Crippen LogP contribution in [0, 0.1) is 0 Å². The second kappa shape index (κ2) is 4.14. The van der Waals surface area contributed by atoms with E-state index in [1.807, 2.05) is 13.0 Å². The second-order valence-corrected chi connectivity index (χ2v) is 2.95. The molecule has 3 heteroatoms. The van der Waals surface area contributed by atoms with Crippen molar-refractivity contribution < 1.29 is 9.84 Å². The van der Waals surface area contributed by atoms with E-state index < -0.39 is 0 Å². The minimum atomic E-state index is 0.00880. The van der Waals surface area contributed by atoms with Gasteiger partial charge in [0.25, 0.3) is 0 Å². The molecule has 0 amide bonds. The van der Waals surface area contributed by atoms with Crippen molar-refractivity contribution in [2.75, 3.05) is 7.11 Å². The number of benzene rings is 1. The van der Waals surface area contributed by atoms with Crippen LogP contribution in [0.1, 0.15) is 24.9 Å². The van der Waals surface area contributed by atoms with Gasteiger partial charge in [-0.05, 0) is 24.1 Å². The highest BCUT2D eigenvalue weighted by atomic mass is 16.5. The summed E-state index contributed by atoms with van der Waals surface area (Å²) in [5.74, 6) is 0.621. The molecule has 0 saturated carbocycles. The van der Waals surface area contributed by atoms with Gasteiger partial charge >= 0.3 is 0 Å². The standard InChI is InChI=1S/C10H15NO2/c1-3-8(11)7-4-5-9(12)10(6-7)13-2/h4-6,8,12H,3,11H2,1-2H3/t8-/m1/s1. The third kappa shape index (κ3) is 2.12. The van der Waals surface area contributed by atoms with Gasteiger partial charge in [0.15, 0.2) is 11.5 Å². The monoisotopic (exact) mass is 181 g/mol. The lowest BCUT2D eigenvalue weighted by Gasteiger charge is -2.11. The van der Waals surface area contributed by atoms with Gasteiger partial charge in [-0.1, -0.05) is 13.0 Å². The summed E-state index contributed by atoms with van der Waals surface area (Å²) in [6.07, 6.45) is 0.869. The lowest BCUT2D eigenvalue weighted by Crippen LogP contribution is -2.08. The zero-order valence-electron chi connectivity index (χ0n) is 7.95. The van der Waals surface area contributed by atoms with Crippen molar-refractivity contribution in [1.29, 1.82) is 0 Å². The summed E-state index contributed by atoms with van der Waals surface area (Å²) in [4.78, 5) is 0. The number of methoxy groups -OCH3 is 1. The number of hydrogen-bond donors (Lipinski definition) is 2. The van der Waals surface area contributed by atoms with Gasteiger partial charge < -0.3 is 15.6 Å². The van der Waals surface area contributed by atoms with Crippen LogP contribution in [0.15, 0.2) is 18.2 Å².